The number of aromatic nitrogens is 6. The predicted octanol–water partition coefficient (Wildman–Crippen LogP) is 2.00. The van der Waals surface area contributed by atoms with E-state index in [0.29, 0.717) is 60.7 Å². The van der Waals surface area contributed by atoms with Crippen LogP contribution in [0.25, 0.3) is 11.4 Å². The molecule has 4 fully saturated rings. The summed E-state index contributed by atoms with van der Waals surface area (Å²) in [5, 5.41) is 18.0. The first-order valence-corrected chi connectivity index (χ1v) is 14.6. The summed E-state index contributed by atoms with van der Waals surface area (Å²) in [4.78, 5) is 27.6. The summed E-state index contributed by atoms with van der Waals surface area (Å²) in [5.41, 5.74) is 11.9. The summed E-state index contributed by atoms with van der Waals surface area (Å²) >= 11 is 5.34. The Hall–Kier alpha value is -4.35. The fourth-order valence-electron chi connectivity index (χ4n) is 5.69. The molecule has 4 aliphatic rings. The Morgan fingerprint density at radius 3 is 1.59 bits per heavy atom. The third-order valence-electron chi connectivity index (χ3n) is 8.45. The summed E-state index contributed by atoms with van der Waals surface area (Å²) in [5.74, 6) is -4.42. The van der Waals surface area contributed by atoms with Gasteiger partial charge in [-0.05, 0) is 41.9 Å². The number of rotatable bonds is 4. The van der Waals surface area contributed by atoms with Gasteiger partial charge < -0.3 is 31.3 Å². The van der Waals surface area contributed by atoms with Crippen LogP contribution in [-0.4, -0.2) is 85.1 Å². The zero-order chi connectivity index (χ0) is 32.8. The summed E-state index contributed by atoms with van der Waals surface area (Å²) in [6.45, 7) is 1.40. The van der Waals surface area contributed by atoms with E-state index in [9.17, 15) is 17.6 Å². The molecule has 2 saturated carbocycles. The van der Waals surface area contributed by atoms with Gasteiger partial charge in [-0.15, -0.1) is 0 Å². The van der Waals surface area contributed by atoms with Crippen LogP contribution < -0.4 is 26.7 Å². The number of pyridine rings is 2. The van der Waals surface area contributed by atoms with E-state index in [2.05, 4.69) is 29.9 Å². The molecule has 0 amide bonds. The molecule has 18 heteroatoms. The van der Waals surface area contributed by atoms with E-state index in [1.807, 2.05) is 17.0 Å². The maximum absolute atomic E-state index is 13.2. The molecule has 12 nitrogen and oxygen atoms in total. The molecule has 4 atom stereocenters. The second kappa shape index (κ2) is 12.1. The van der Waals surface area contributed by atoms with E-state index in [-0.39, 0.29) is 5.28 Å². The van der Waals surface area contributed by atoms with Crippen LogP contribution in [0.5, 0.6) is 0 Å². The molecule has 2 aliphatic carbocycles. The molecule has 0 radical (unpaired) electrons. The molecule has 46 heavy (non-hydrogen) atoms. The SMILES string of the molecule is Nc1ccnc(-c2ccc(N3CC4C(C3)C4(F)F)nc2)n1.Nc1ccnc(Cl)n1.OB(O)c1ccc(N2CC3C(C2)C3(F)F)nc1. The van der Waals surface area contributed by atoms with E-state index < -0.39 is 42.6 Å². The maximum Gasteiger partial charge on any atom is 0.490 e. The van der Waals surface area contributed by atoms with Gasteiger partial charge in [-0.3, -0.25) is 0 Å². The Kier molecular flexibility index (Phi) is 8.33. The van der Waals surface area contributed by atoms with Gasteiger partial charge in [0, 0.05) is 62.0 Å². The number of hydrogen-bond acceptors (Lipinski definition) is 12. The molecule has 4 aromatic rings. The van der Waals surface area contributed by atoms with Crippen molar-refractivity contribution in [3.05, 3.63) is 66.5 Å². The van der Waals surface area contributed by atoms with Crippen molar-refractivity contribution in [3.8, 4) is 11.4 Å². The lowest BCUT2D eigenvalue weighted by molar-refractivity contribution is 0.0791. The van der Waals surface area contributed by atoms with Crippen LogP contribution in [-0.2, 0) is 0 Å². The van der Waals surface area contributed by atoms with Crippen LogP contribution in [0.2, 0.25) is 5.28 Å². The van der Waals surface area contributed by atoms with Crippen LogP contribution >= 0.6 is 11.6 Å². The van der Waals surface area contributed by atoms with Crippen LogP contribution in [0, 0.1) is 23.7 Å². The first-order valence-electron chi connectivity index (χ1n) is 14.2. The van der Waals surface area contributed by atoms with Gasteiger partial charge in [0.25, 0.3) is 11.8 Å². The van der Waals surface area contributed by atoms with Crippen molar-refractivity contribution in [1.82, 2.24) is 29.9 Å². The van der Waals surface area contributed by atoms with Gasteiger partial charge in [0.2, 0.25) is 5.28 Å². The highest BCUT2D eigenvalue weighted by Gasteiger charge is 2.72. The molecular weight excluding hydrogens is 631 g/mol. The summed E-state index contributed by atoms with van der Waals surface area (Å²) in [7, 11) is -1.55. The molecule has 240 valence electrons. The zero-order valence-corrected chi connectivity index (χ0v) is 24.8. The van der Waals surface area contributed by atoms with Crippen LogP contribution in [0.3, 0.4) is 0 Å². The van der Waals surface area contributed by atoms with Gasteiger partial charge in [0.05, 0.1) is 23.7 Å². The normalized spacial score (nSPS) is 24.1. The van der Waals surface area contributed by atoms with Gasteiger partial charge in [0.1, 0.15) is 23.3 Å². The molecule has 0 bridgehead atoms. The largest absolute Gasteiger partial charge is 0.490 e. The summed E-state index contributed by atoms with van der Waals surface area (Å²) < 4.78 is 52.3. The van der Waals surface area contributed by atoms with Crippen LogP contribution in [0.4, 0.5) is 40.8 Å². The maximum atomic E-state index is 13.2. The van der Waals surface area contributed by atoms with E-state index in [1.165, 1.54) is 18.5 Å². The predicted molar refractivity (Wildman–Crippen MR) is 163 cm³/mol. The standard InChI is InChI=1S/C14H13F2N5.C10H11BF2N2O2.C4H4ClN3/c15-14(16)9-6-21(7-10(9)14)12-2-1-8(5-19-12)13-18-4-3-11(17)20-13;12-10(13)7-4-15(5-8(7)10)9-2-1-6(3-14-9)11(16)17;5-4-7-2-1-3(6)8-4/h1-5,9-10H,6-7H2,(H2,17,18,20);1-3,7-8,16-17H,4-5H2;1-2H,(H2,6,7,8). The smallest absolute Gasteiger partial charge is 0.423 e. The Morgan fingerprint density at radius 2 is 1.20 bits per heavy atom. The number of nitrogen functional groups attached to an aromatic ring is 2. The van der Waals surface area contributed by atoms with Gasteiger partial charge >= 0.3 is 7.12 Å². The minimum Gasteiger partial charge on any atom is -0.423 e. The van der Waals surface area contributed by atoms with Crippen molar-refractivity contribution < 1.29 is 27.6 Å². The number of halogens is 5. The van der Waals surface area contributed by atoms with Crippen LogP contribution in [0.1, 0.15) is 0 Å². The van der Waals surface area contributed by atoms with E-state index in [4.69, 9.17) is 33.1 Å². The Balaban J connectivity index is 0.000000133. The zero-order valence-electron chi connectivity index (χ0n) is 24.0. The molecule has 0 spiro atoms. The van der Waals surface area contributed by atoms with Crippen LogP contribution in [0.15, 0.2) is 61.2 Å². The lowest BCUT2D eigenvalue weighted by Gasteiger charge is -2.20. The molecule has 2 aliphatic heterocycles. The number of fused-ring (bicyclic) bond motifs is 2. The molecule has 8 rings (SSSR count). The Morgan fingerprint density at radius 1 is 0.696 bits per heavy atom. The number of piperidine rings is 2. The molecule has 4 unspecified atom stereocenters. The van der Waals surface area contributed by atoms with Gasteiger partial charge in [-0.25, -0.2) is 47.5 Å². The van der Waals surface area contributed by atoms with E-state index >= 15 is 0 Å². The van der Waals surface area contributed by atoms with Gasteiger partial charge in [0.15, 0.2) is 5.82 Å². The van der Waals surface area contributed by atoms with Crippen molar-refractivity contribution in [2.24, 2.45) is 23.7 Å². The van der Waals surface area contributed by atoms with Crippen molar-refractivity contribution in [1.29, 1.82) is 0 Å². The van der Waals surface area contributed by atoms with Crippen molar-refractivity contribution in [3.63, 3.8) is 0 Å². The first kappa shape index (κ1) is 31.6. The first-order chi connectivity index (χ1) is 21.8. The molecular formula is C28H28BClF4N10O2. The number of anilines is 4. The minimum atomic E-state index is -2.49. The van der Waals surface area contributed by atoms with E-state index in [0.717, 1.165) is 5.56 Å². The average Bonchev–Trinajstić information content (AvgIpc) is 3.48. The van der Waals surface area contributed by atoms with Crippen molar-refractivity contribution in [2.75, 3.05) is 47.4 Å². The second-order valence-electron chi connectivity index (χ2n) is 11.4. The number of hydrogen-bond donors (Lipinski definition) is 4. The molecule has 6 heterocycles. The third kappa shape index (κ3) is 6.48. The average molecular weight is 659 g/mol. The molecule has 4 aromatic heterocycles. The van der Waals surface area contributed by atoms with Gasteiger partial charge in [-0.2, -0.15) is 0 Å². The Labute approximate surface area is 265 Å². The monoisotopic (exact) mass is 658 g/mol. The Bertz CT molecular complexity index is 1650. The number of nitrogens with zero attached hydrogens (tertiary/aromatic N) is 8. The summed E-state index contributed by atoms with van der Waals surface area (Å²) in [6, 6.07) is 9.99. The quantitative estimate of drug-likeness (QED) is 0.143. The molecule has 0 aromatic carbocycles. The molecule has 6 N–H and O–H groups in total. The lowest BCUT2D eigenvalue weighted by Crippen LogP contribution is -2.32. The highest BCUT2D eigenvalue weighted by atomic mass is 35.5. The fraction of sp³-hybridized carbons (Fsp3) is 0.357. The number of alkyl halides is 4. The van der Waals surface area contributed by atoms with E-state index in [1.54, 1.807) is 35.5 Å². The van der Waals surface area contributed by atoms with Crippen molar-refractivity contribution in [2.45, 2.75) is 11.8 Å². The molecule has 2 saturated heterocycles. The lowest BCUT2D eigenvalue weighted by atomic mass is 9.82. The highest BCUT2D eigenvalue weighted by molar-refractivity contribution is 6.58. The second-order valence-corrected chi connectivity index (χ2v) is 11.7. The third-order valence-corrected chi connectivity index (χ3v) is 8.63. The fourth-order valence-corrected chi connectivity index (χ4v) is 5.85. The topological polar surface area (TPSA) is 176 Å². The van der Waals surface area contributed by atoms with Gasteiger partial charge in [-0.1, -0.05) is 6.07 Å². The minimum absolute atomic E-state index is 0.185. The van der Waals surface area contributed by atoms with Crippen molar-refractivity contribution >= 4 is 47.5 Å². The highest BCUT2D eigenvalue weighted by Crippen LogP contribution is 2.60. The summed E-state index contributed by atoms with van der Waals surface area (Å²) in [6.07, 6.45) is 6.08. The number of nitrogens with two attached hydrogens (primary N) is 2.